The van der Waals surface area contributed by atoms with E-state index in [9.17, 15) is 0 Å². The van der Waals surface area contributed by atoms with Crippen LogP contribution in [0.4, 0.5) is 5.95 Å². The van der Waals surface area contributed by atoms with E-state index < -0.39 is 0 Å². The third-order valence-corrected chi connectivity index (χ3v) is 5.51. The molecule has 0 saturated heterocycles. The second-order valence-corrected chi connectivity index (χ2v) is 7.86. The monoisotopic (exact) mass is 368 g/mol. The van der Waals surface area contributed by atoms with Crippen molar-refractivity contribution in [2.75, 3.05) is 19.0 Å². The molecular formula is C21H28N4O2. The zero-order valence-electron chi connectivity index (χ0n) is 16.1. The molecule has 2 aromatic rings. The number of anilines is 1. The average Bonchev–Trinajstić information content (AvgIpc) is 3.53. The highest BCUT2D eigenvalue weighted by Crippen LogP contribution is 2.31. The lowest BCUT2D eigenvalue weighted by Crippen LogP contribution is -2.26. The van der Waals surface area contributed by atoms with E-state index in [1.165, 1.54) is 38.5 Å². The van der Waals surface area contributed by atoms with Crippen molar-refractivity contribution in [2.24, 2.45) is 11.8 Å². The van der Waals surface area contributed by atoms with Crippen molar-refractivity contribution in [3.63, 3.8) is 0 Å². The number of rotatable bonds is 7. The van der Waals surface area contributed by atoms with Crippen molar-refractivity contribution >= 4 is 5.95 Å². The third kappa shape index (κ3) is 4.67. The van der Waals surface area contributed by atoms with Gasteiger partial charge in [0.15, 0.2) is 0 Å². The molecular weight excluding hydrogens is 340 g/mol. The largest absolute Gasteiger partial charge is 0.480 e. The summed E-state index contributed by atoms with van der Waals surface area (Å²) in [5.41, 5.74) is 1.75. The lowest BCUT2D eigenvalue weighted by Gasteiger charge is -2.27. The summed E-state index contributed by atoms with van der Waals surface area (Å²) in [5.74, 6) is 3.39. The quantitative estimate of drug-likeness (QED) is 0.785. The molecule has 4 rings (SSSR count). The fourth-order valence-electron chi connectivity index (χ4n) is 3.49. The van der Waals surface area contributed by atoms with Crippen molar-refractivity contribution in [3.05, 3.63) is 24.5 Å². The fraction of sp³-hybridized carbons (Fsp3) is 0.571. The van der Waals surface area contributed by atoms with Gasteiger partial charge in [0.05, 0.1) is 19.3 Å². The molecule has 0 atom stereocenters. The second-order valence-electron chi connectivity index (χ2n) is 7.86. The Morgan fingerprint density at radius 3 is 2.52 bits per heavy atom. The number of ether oxygens (including phenoxy) is 2. The zero-order chi connectivity index (χ0) is 18.6. The first kappa shape index (κ1) is 18.0. The van der Waals surface area contributed by atoms with Crippen LogP contribution in [0.2, 0.25) is 0 Å². The number of aromatic nitrogens is 3. The molecule has 2 aromatic heterocycles. The smallest absolute Gasteiger partial charge is 0.226 e. The van der Waals surface area contributed by atoms with Crippen LogP contribution < -0.4 is 14.8 Å². The van der Waals surface area contributed by atoms with E-state index in [0.717, 1.165) is 23.7 Å². The lowest BCUT2D eigenvalue weighted by molar-refractivity contribution is 0.288. The lowest BCUT2D eigenvalue weighted by atomic mass is 9.87. The molecule has 2 heterocycles. The predicted molar refractivity (Wildman–Crippen MR) is 105 cm³/mol. The van der Waals surface area contributed by atoms with Gasteiger partial charge >= 0.3 is 0 Å². The molecule has 2 fully saturated rings. The minimum atomic E-state index is 0.446. The standard InChI is InChI=1S/C21H28N4O2/c1-14-3-8-17(9-4-14)24-21-23-12-18(20(25-21)26-2)16-7-10-19(22-11-16)27-13-15-5-6-15/h7,10-12,14-15,17H,3-6,8-9,13H2,1-2H3,(H,23,24,25)/t14-,17-. The molecule has 1 N–H and O–H groups in total. The molecule has 0 amide bonds. The van der Waals surface area contributed by atoms with Crippen LogP contribution in [-0.2, 0) is 0 Å². The van der Waals surface area contributed by atoms with Gasteiger partial charge in [-0.15, -0.1) is 0 Å². The Morgan fingerprint density at radius 2 is 1.85 bits per heavy atom. The van der Waals surface area contributed by atoms with E-state index in [-0.39, 0.29) is 0 Å². The molecule has 0 spiro atoms. The summed E-state index contributed by atoms with van der Waals surface area (Å²) in [6.07, 6.45) is 11.0. The van der Waals surface area contributed by atoms with Gasteiger partial charge in [-0.25, -0.2) is 9.97 Å². The van der Waals surface area contributed by atoms with Gasteiger partial charge in [0, 0.05) is 30.1 Å². The molecule has 6 heteroatoms. The van der Waals surface area contributed by atoms with Crippen molar-refractivity contribution in [2.45, 2.75) is 51.5 Å². The highest BCUT2D eigenvalue weighted by molar-refractivity contribution is 5.67. The maximum atomic E-state index is 5.70. The van der Waals surface area contributed by atoms with Crippen molar-refractivity contribution in [1.82, 2.24) is 15.0 Å². The summed E-state index contributed by atoms with van der Waals surface area (Å²) in [7, 11) is 1.64. The normalized spacial score (nSPS) is 22.3. The minimum Gasteiger partial charge on any atom is -0.480 e. The first-order valence-electron chi connectivity index (χ1n) is 9.98. The molecule has 0 unspecified atom stereocenters. The van der Waals surface area contributed by atoms with Gasteiger partial charge in [0.1, 0.15) is 0 Å². The first-order valence-corrected chi connectivity index (χ1v) is 9.98. The number of pyridine rings is 1. The Morgan fingerprint density at radius 1 is 1.04 bits per heavy atom. The highest BCUT2D eigenvalue weighted by atomic mass is 16.5. The van der Waals surface area contributed by atoms with Crippen molar-refractivity contribution in [3.8, 4) is 22.9 Å². The van der Waals surface area contributed by atoms with Gasteiger partial charge in [0.2, 0.25) is 17.7 Å². The topological polar surface area (TPSA) is 69.2 Å². The SMILES string of the molecule is COc1nc(N[C@H]2CC[C@H](C)CC2)ncc1-c1ccc(OCC2CC2)nc1. The van der Waals surface area contributed by atoms with E-state index >= 15 is 0 Å². The van der Waals surface area contributed by atoms with Crippen LogP contribution in [0.3, 0.4) is 0 Å². The van der Waals surface area contributed by atoms with Gasteiger partial charge in [-0.2, -0.15) is 4.98 Å². The van der Waals surface area contributed by atoms with Gasteiger partial charge in [0.25, 0.3) is 0 Å². The summed E-state index contributed by atoms with van der Waals surface area (Å²) >= 11 is 0. The number of hydrogen-bond acceptors (Lipinski definition) is 6. The maximum Gasteiger partial charge on any atom is 0.226 e. The van der Waals surface area contributed by atoms with Crippen LogP contribution in [0.1, 0.15) is 45.4 Å². The van der Waals surface area contributed by atoms with E-state index in [1.54, 1.807) is 19.5 Å². The Bertz CT molecular complexity index is 753. The summed E-state index contributed by atoms with van der Waals surface area (Å²) in [5, 5.41) is 3.46. The van der Waals surface area contributed by atoms with Crippen LogP contribution >= 0.6 is 0 Å². The number of hydrogen-bond donors (Lipinski definition) is 1. The predicted octanol–water partition coefficient (Wildman–Crippen LogP) is 4.33. The van der Waals surface area contributed by atoms with Gasteiger partial charge in [-0.05, 0) is 56.4 Å². The maximum absolute atomic E-state index is 5.70. The van der Waals surface area contributed by atoms with Crippen LogP contribution in [0.5, 0.6) is 11.8 Å². The molecule has 0 radical (unpaired) electrons. The number of nitrogens with zero attached hydrogens (tertiary/aromatic N) is 3. The van der Waals surface area contributed by atoms with E-state index in [0.29, 0.717) is 29.7 Å². The molecule has 0 aromatic carbocycles. The van der Waals surface area contributed by atoms with Crippen LogP contribution in [0.25, 0.3) is 11.1 Å². The zero-order valence-corrected chi connectivity index (χ0v) is 16.1. The fourth-order valence-corrected chi connectivity index (χ4v) is 3.49. The Kier molecular flexibility index (Phi) is 5.41. The summed E-state index contributed by atoms with van der Waals surface area (Å²) in [4.78, 5) is 13.5. The van der Waals surface area contributed by atoms with Crippen LogP contribution in [0, 0.1) is 11.8 Å². The second kappa shape index (κ2) is 8.11. The Labute approximate surface area is 160 Å². The van der Waals surface area contributed by atoms with E-state index in [2.05, 4.69) is 27.2 Å². The molecule has 6 nitrogen and oxygen atoms in total. The Balaban J connectivity index is 1.44. The molecule has 2 aliphatic carbocycles. The van der Waals surface area contributed by atoms with Gasteiger partial charge in [-0.3, -0.25) is 0 Å². The van der Waals surface area contributed by atoms with Gasteiger partial charge < -0.3 is 14.8 Å². The van der Waals surface area contributed by atoms with Crippen molar-refractivity contribution < 1.29 is 9.47 Å². The number of methoxy groups -OCH3 is 1. The van der Waals surface area contributed by atoms with Crippen LogP contribution in [-0.4, -0.2) is 34.7 Å². The van der Waals surface area contributed by atoms with Gasteiger partial charge in [-0.1, -0.05) is 6.92 Å². The van der Waals surface area contributed by atoms with E-state index in [4.69, 9.17) is 9.47 Å². The van der Waals surface area contributed by atoms with Crippen molar-refractivity contribution in [1.29, 1.82) is 0 Å². The molecule has 0 bridgehead atoms. The van der Waals surface area contributed by atoms with Crippen LogP contribution in [0.15, 0.2) is 24.5 Å². The summed E-state index contributed by atoms with van der Waals surface area (Å²) in [6.45, 7) is 3.08. The summed E-state index contributed by atoms with van der Waals surface area (Å²) < 4.78 is 11.2. The summed E-state index contributed by atoms with van der Waals surface area (Å²) in [6, 6.07) is 4.32. The van der Waals surface area contributed by atoms with E-state index in [1.807, 2.05) is 12.1 Å². The number of nitrogens with one attached hydrogen (secondary N) is 1. The first-order chi connectivity index (χ1) is 13.2. The molecule has 0 aliphatic heterocycles. The third-order valence-electron chi connectivity index (χ3n) is 5.51. The molecule has 27 heavy (non-hydrogen) atoms. The molecule has 144 valence electrons. The highest BCUT2D eigenvalue weighted by Gasteiger charge is 2.22. The molecule has 2 aliphatic rings. The Hall–Kier alpha value is -2.37. The molecule has 2 saturated carbocycles. The average molecular weight is 368 g/mol. The minimum absolute atomic E-state index is 0.446.